The number of thiocarbonyl (C=S) groups is 1. The Morgan fingerprint density at radius 3 is 2.88 bits per heavy atom. The third kappa shape index (κ3) is 5.03. The van der Waals surface area contributed by atoms with Crippen molar-refractivity contribution in [2.75, 3.05) is 11.9 Å². The summed E-state index contributed by atoms with van der Waals surface area (Å²) in [4.78, 5) is 4.37. The molecule has 0 saturated carbocycles. The van der Waals surface area contributed by atoms with E-state index in [9.17, 15) is 0 Å². The van der Waals surface area contributed by atoms with Crippen LogP contribution in [-0.2, 0) is 6.54 Å². The Balaban J connectivity index is 1.56. The molecule has 3 aromatic rings. The minimum absolute atomic E-state index is 0.331. The average molecular weight is 433 g/mol. The Morgan fingerprint density at radius 1 is 1.23 bits per heavy atom. The number of aromatic nitrogens is 2. The van der Waals surface area contributed by atoms with Crippen LogP contribution in [0.2, 0.25) is 0 Å². The lowest BCUT2D eigenvalue weighted by Crippen LogP contribution is -2.28. The summed E-state index contributed by atoms with van der Waals surface area (Å²) in [6.07, 6.45) is 0. The number of nitrogens with zero attached hydrogens (tertiary/aromatic N) is 2. The molecule has 0 atom stereocenters. The lowest BCUT2D eigenvalue weighted by molar-refractivity contribution is 0.340. The predicted molar refractivity (Wildman–Crippen MR) is 108 cm³/mol. The maximum Gasteiger partial charge on any atom is 0.246 e. The molecule has 0 amide bonds. The molecule has 3 rings (SSSR count). The third-order valence-electron chi connectivity index (χ3n) is 3.35. The number of halogens is 1. The molecule has 0 fully saturated rings. The van der Waals surface area contributed by atoms with Crippen LogP contribution in [0.25, 0.3) is 11.4 Å². The lowest BCUT2D eigenvalue weighted by Gasteiger charge is -2.10. The first-order chi connectivity index (χ1) is 12.6. The number of hydrogen-bond acceptors (Lipinski definition) is 5. The zero-order valence-corrected chi connectivity index (χ0v) is 16.4. The lowest BCUT2D eigenvalue weighted by atomic mass is 10.2. The minimum Gasteiger partial charge on any atom is -0.494 e. The summed E-state index contributed by atoms with van der Waals surface area (Å²) < 4.78 is 11.7. The summed E-state index contributed by atoms with van der Waals surface area (Å²) in [5.41, 5.74) is 1.72. The van der Waals surface area contributed by atoms with Crippen LogP contribution in [0.4, 0.5) is 5.69 Å². The molecular formula is C18H17BrN4O2S. The standard InChI is InChI=1S/C18H17BrN4O2S/c1-2-24-15-8-4-7-14(10-15)21-18(26)20-11-16-22-17(23-25-16)12-5-3-6-13(19)9-12/h3-10H,2,11H2,1H3,(H2,20,21,26). The zero-order chi connectivity index (χ0) is 18.4. The highest BCUT2D eigenvalue weighted by Gasteiger charge is 2.09. The molecule has 134 valence electrons. The molecule has 0 saturated heterocycles. The molecule has 26 heavy (non-hydrogen) atoms. The van der Waals surface area contributed by atoms with Gasteiger partial charge in [0, 0.05) is 21.8 Å². The highest BCUT2D eigenvalue weighted by Crippen LogP contribution is 2.20. The fraction of sp³-hybridized carbons (Fsp3) is 0.167. The minimum atomic E-state index is 0.331. The molecule has 1 aromatic heterocycles. The normalized spacial score (nSPS) is 10.4. The van der Waals surface area contributed by atoms with E-state index in [1.165, 1.54) is 0 Å². The summed E-state index contributed by atoms with van der Waals surface area (Å²) in [6, 6.07) is 15.3. The van der Waals surface area contributed by atoms with Crippen LogP contribution < -0.4 is 15.4 Å². The van der Waals surface area contributed by atoms with Gasteiger partial charge in [-0.2, -0.15) is 4.98 Å². The predicted octanol–water partition coefficient (Wildman–Crippen LogP) is 4.38. The fourth-order valence-corrected chi connectivity index (χ4v) is 2.82. The quantitative estimate of drug-likeness (QED) is 0.559. The first-order valence-electron chi connectivity index (χ1n) is 8.00. The van der Waals surface area contributed by atoms with Gasteiger partial charge in [0.15, 0.2) is 5.11 Å². The van der Waals surface area contributed by atoms with Gasteiger partial charge in [-0.15, -0.1) is 0 Å². The Kier molecular flexibility index (Phi) is 6.19. The second kappa shape index (κ2) is 8.77. The molecule has 0 aliphatic rings. The van der Waals surface area contributed by atoms with Gasteiger partial charge in [0.2, 0.25) is 11.7 Å². The van der Waals surface area contributed by atoms with Crippen molar-refractivity contribution in [1.29, 1.82) is 0 Å². The fourth-order valence-electron chi connectivity index (χ4n) is 2.23. The topological polar surface area (TPSA) is 72.2 Å². The molecule has 1 heterocycles. The molecule has 0 bridgehead atoms. The molecule has 6 nitrogen and oxygen atoms in total. The van der Waals surface area contributed by atoms with Crippen LogP contribution in [0.5, 0.6) is 5.75 Å². The van der Waals surface area contributed by atoms with Crippen molar-refractivity contribution in [3.8, 4) is 17.1 Å². The van der Waals surface area contributed by atoms with Crippen molar-refractivity contribution < 1.29 is 9.26 Å². The van der Waals surface area contributed by atoms with Gasteiger partial charge in [0.25, 0.3) is 0 Å². The highest BCUT2D eigenvalue weighted by molar-refractivity contribution is 9.10. The number of rotatable bonds is 6. The van der Waals surface area contributed by atoms with E-state index in [2.05, 4.69) is 36.7 Å². The van der Waals surface area contributed by atoms with E-state index < -0.39 is 0 Å². The van der Waals surface area contributed by atoms with Crippen LogP contribution in [0, 0.1) is 0 Å². The second-order valence-corrected chi connectivity index (χ2v) is 6.61. The van der Waals surface area contributed by atoms with Crippen molar-refractivity contribution in [3.63, 3.8) is 0 Å². The van der Waals surface area contributed by atoms with E-state index >= 15 is 0 Å². The number of nitrogens with one attached hydrogen (secondary N) is 2. The Bertz CT molecular complexity index is 900. The first kappa shape index (κ1) is 18.3. The van der Waals surface area contributed by atoms with Crippen LogP contribution in [0.3, 0.4) is 0 Å². The van der Waals surface area contributed by atoms with Crippen LogP contribution in [0.1, 0.15) is 12.8 Å². The Labute approximate surface area is 165 Å². The SMILES string of the molecule is CCOc1cccc(NC(=S)NCc2nc(-c3cccc(Br)c3)no2)c1. The van der Waals surface area contributed by atoms with Gasteiger partial charge in [-0.3, -0.25) is 0 Å². The number of benzene rings is 2. The van der Waals surface area contributed by atoms with Crippen LogP contribution in [0.15, 0.2) is 57.5 Å². The zero-order valence-electron chi connectivity index (χ0n) is 14.0. The van der Waals surface area contributed by atoms with Gasteiger partial charge in [-0.1, -0.05) is 39.3 Å². The summed E-state index contributed by atoms with van der Waals surface area (Å²) >= 11 is 8.73. The van der Waals surface area contributed by atoms with Gasteiger partial charge >= 0.3 is 0 Å². The summed E-state index contributed by atoms with van der Waals surface area (Å²) in [5, 5.41) is 10.6. The first-order valence-corrected chi connectivity index (χ1v) is 9.20. The number of anilines is 1. The molecule has 0 aliphatic heterocycles. The number of ether oxygens (including phenoxy) is 1. The molecule has 0 spiro atoms. The van der Waals surface area contributed by atoms with Gasteiger partial charge in [-0.25, -0.2) is 0 Å². The summed E-state index contributed by atoms with van der Waals surface area (Å²) in [7, 11) is 0. The van der Waals surface area contributed by atoms with Crippen LogP contribution in [-0.4, -0.2) is 21.9 Å². The van der Waals surface area contributed by atoms with Gasteiger partial charge < -0.3 is 19.9 Å². The molecule has 8 heteroatoms. The monoisotopic (exact) mass is 432 g/mol. The van der Waals surface area contributed by atoms with Crippen molar-refractivity contribution in [2.45, 2.75) is 13.5 Å². The maximum atomic E-state index is 5.47. The van der Waals surface area contributed by atoms with Crippen molar-refractivity contribution >= 4 is 38.9 Å². The van der Waals surface area contributed by atoms with E-state index in [0.717, 1.165) is 21.5 Å². The second-order valence-electron chi connectivity index (χ2n) is 5.29. The van der Waals surface area contributed by atoms with Crippen LogP contribution >= 0.6 is 28.1 Å². The smallest absolute Gasteiger partial charge is 0.246 e. The maximum absolute atomic E-state index is 5.47. The van der Waals surface area contributed by atoms with E-state index in [1.54, 1.807) is 0 Å². The summed E-state index contributed by atoms with van der Waals surface area (Å²) in [6.45, 7) is 2.89. The van der Waals surface area contributed by atoms with E-state index in [-0.39, 0.29) is 0 Å². The molecule has 2 aromatic carbocycles. The van der Waals surface area contributed by atoms with E-state index in [4.69, 9.17) is 21.5 Å². The largest absolute Gasteiger partial charge is 0.494 e. The van der Waals surface area contributed by atoms with E-state index in [1.807, 2.05) is 55.5 Å². The molecular weight excluding hydrogens is 416 g/mol. The van der Waals surface area contributed by atoms with Gasteiger partial charge in [0.1, 0.15) is 5.75 Å². The summed E-state index contributed by atoms with van der Waals surface area (Å²) in [5.74, 6) is 1.77. The van der Waals surface area contributed by atoms with Gasteiger partial charge in [0.05, 0.1) is 13.2 Å². The third-order valence-corrected chi connectivity index (χ3v) is 4.09. The molecule has 0 radical (unpaired) electrons. The van der Waals surface area contributed by atoms with Gasteiger partial charge in [-0.05, 0) is 43.4 Å². The average Bonchev–Trinajstić information content (AvgIpc) is 3.10. The number of hydrogen-bond donors (Lipinski definition) is 2. The Hall–Kier alpha value is -2.45. The van der Waals surface area contributed by atoms with Crippen molar-refractivity contribution in [2.24, 2.45) is 0 Å². The molecule has 0 unspecified atom stereocenters. The van der Waals surface area contributed by atoms with E-state index in [0.29, 0.717) is 30.0 Å². The van der Waals surface area contributed by atoms with Crippen molar-refractivity contribution in [1.82, 2.24) is 15.5 Å². The molecule has 2 N–H and O–H groups in total. The highest BCUT2D eigenvalue weighted by atomic mass is 79.9. The van der Waals surface area contributed by atoms with Crippen molar-refractivity contribution in [3.05, 3.63) is 58.9 Å². The Morgan fingerprint density at radius 2 is 2.08 bits per heavy atom. The molecule has 0 aliphatic carbocycles.